The molecular formula is C33H37NO4. The van der Waals surface area contributed by atoms with Crippen molar-refractivity contribution in [1.82, 2.24) is 4.90 Å². The predicted octanol–water partition coefficient (Wildman–Crippen LogP) is 6.90. The molecular weight excluding hydrogens is 474 g/mol. The van der Waals surface area contributed by atoms with Crippen LogP contribution < -0.4 is 9.47 Å². The Bertz CT molecular complexity index is 1390. The quantitative estimate of drug-likeness (QED) is 0.437. The van der Waals surface area contributed by atoms with Gasteiger partial charge in [0.05, 0.1) is 18.4 Å². The number of hydrogen-bond donors (Lipinski definition) is 0. The maximum absolute atomic E-state index is 6.61. The van der Waals surface area contributed by atoms with Crippen LogP contribution in [-0.2, 0) is 22.3 Å². The molecule has 2 aromatic carbocycles. The third-order valence-electron chi connectivity index (χ3n) is 7.67. The highest BCUT2D eigenvalue weighted by Gasteiger charge is 2.38. The zero-order chi connectivity index (χ0) is 26.6. The van der Waals surface area contributed by atoms with Gasteiger partial charge in [-0.1, -0.05) is 44.2 Å². The fourth-order valence-corrected chi connectivity index (χ4v) is 5.79. The van der Waals surface area contributed by atoms with Crippen molar-refractivity contribution in [3.05, 3.63) is 99.5 Å². The molecule has 0 amide bonds. The number of ether oxygens (including phenoxy) is 4. The molecule has 5 heteroatoms. The summed E-state index contributed by atoms with van der Waals surface area (Å²) in [6.45, 7) is 11.9. The first-order valence-electron chi connectivity index (χ1n) is 13.6. The van der Waals surface area contributed by atoms with Crippen molar-refractivity contribution in [2.75, 3.05) is 20.4 Å². The van der Waals surface area contributed by atoms with Crippen LogP contribution in [0.5, 0.6) is 11.5 Å². The molecule has 38 heavy (non-hydrogen) atoms. The number of methoxy groups -OCH3 is 1. The normalized spacial score (nSPS) is 19.9. The summed E-state index contributed by atoms with van der Waals surface area (Å²) in [5.74, 6) is 3.01. The van der Waals surface area contributed by atoms with Gasteiger partial charge in [-0.25, -0.2) is 0 Å². The van der Waals surface area contributed by atoms with E-state index in [9.17, 15) is 0 Å². The van der Waals surface area contributed by atoms with Crippen LogP contribution in [-0.4, -0.2) is 37.1 Å². The Morgan fingerprint density at radius 2 is 1.76 bits per heavy atom. The Balaban J connectivity index is 1.51. The van der Waals surface area contributed by atoms with Crippen molar-refractivity contribution in [2.24, 2.45) is 0 Å². The maximum Gasteiger partial charge on any atom is 0.231 e. The van der Waals surface area contributed by atoms with E-state index in [2.05, 4.69) is 94.3 Å². The molecule has 1 aliphatic carbocycles. The van der Waals surface area contributed by atoms with Gasteiger partial charge < -0.3 is 23.8 Å². The summed E-state index contributed by atoms with van der Waals surface area (Å²) in [6, 6.07) is 13.4. The SMILES string of the molecule is COC1=CC=C2C(=CN3CCc4cc5c(cc4C3=C2Cc2ccc(C(C)C)cc2)OCO5)C1OC(C)(C)C. The zero-order valence-corrected chi connectivity index (χ0v) is 23.3. The van der Waals surface area contributed by atoms with Crippen LogP contribution in [0.15, 0.2) is 77.2 Å². The van der Waals surface area contributed by atoms with E-state index >= 15 is 0 Å². The van der Waals surface area contributed by atoms with Crippen LogP contribution >= 0.6 is 0 Å². The lowest BCUT2D eigenvalue weighted by Gasteiger charge is -2.42. The summed E-state index contributed by atoms with van der Waals surface area (Å²) < 4.78 is 23.9. The summed E-state index contributed by atoms with van der Waals surface area (Å²) in [4.78, 5) is 2.41. The number of benzene rings is 2. The van der Waals surface area contributed by atoms with Crippen molar-refractivity contribution in [3.63, 3.8) is 0 Å². The number of rotatable bonds is 5. The second-order valence-corrected chi connectivity index (χ2v) is 11.8. The van der Waals surface area contributed by atoms with E-state index < -0.39 is 0 Å². The van der Waals surface area contributed by atoms with Crippen LogP contribution in [0, 0.1) is 0 Å². The van der Waals surface area contributed by atoms with Gasteiger partial charge in [-0.2, -0.15) is 0 Å². The van der Waals surface area contributed by atoms with E-state index in [1.807, 2.05) is 0 Å². The summed E-state index contributed by atoms with van der Waals surface area (Å²) in [5, 5.41) is 0. The monoisotopic (exact) mass is 511 g/mol. The molecule has 0 aromatic heterocycles. The first-order chi connectivity index (χ1) is 18.2. The second-order valence-electron chi connectivity index (χ2n) is 11.8. The van der Waals surface area contributed by atoms with Gasteiger partial charge in [0.15, 0.2) is 11.5 Å². The van der Waals surface area contributed by atoms with Crippen molar-refractivity contribution in [1.29, 1.82) is 0 Å². The minimum atomic E-state index is -0.325. The van der Waals surface area contributed by atoms with E-state index in [1.165, 1.54) is 39.1 Å². The van der Waals surface area contributed by atoms with Gasteiger partial charge in [-0.05, 0) is 79.2 Å². The van der Waals surface area contributed by atoms with Crippen molar-refractivity contribution < 1.29 is 18.9 Å². The first-order valence-corrected chi connectivity index (χ1v) is 13.6. The topological polar surface area (TPSA) is 40.2 Å². The number of fused-ring (bicyclic) bond motifs is 5. The highest BCUT2D eigenvalue weighted by Crippen LogP contribution is 2.48. The largest absolute Gasteiger partial charge is 0.498 e. The molecule has 0 saturated heterocycles. The lowest BCUT2D eigenvalue weighted by Crippen LogP contribution is -2.37. The Labute approximate surface area is 226 Å². The molecule has 198 valence electrons. The Morgan fingerprint density at radius 1 is 1.03 bits per heavy atom. The van der Waals surface area contributed by atoms with Crippen molar-refractivity contribution >= 4 is 5.70 Å². The molecule has 6 rings (SSSR count). The molecule has 0 bridgehead atoms. The smallest absolute Gasteiger partial charge is 0.231 e. The van der Waals surface area contributed by atoms with E-state index in [1.54, 1.807) is 7.11 Å². The molecule has 1 atom stereocenters. The minimum absolute atomic E-state index is 0.266. The lowest BCUT2D eigenvalue weighted by atomic mass is 9.79. The summed E-state index contributed by atoms with van der Waals surface area (Å²) in [7, 11) is 1.73. The molecule has 4 aliphatic rings. The Kier molecular flexibility index (Phi) is 6.14. The van der Waals surface area contributed by atoms with Gasteiger partial charge in [-0.3, -0.25) is 0 Å². The molecule has 0 fully saturated rings. The summed E-state index contributed by atoms with van der Waals surface area (Å²) >= 11 is 0. The van der Waals surface area contributed by atoms with Gasteiger partial charge in [0, 0.05) is 30.3 Å². The summed E-state index contributed by atoms with van der Waals surface area (Å²) in [5.41, 5.74) is 9.76. The van der Waals surface area contributed by atoms with Crippen molar-refractivity contribution in [3.8, 4) is 11.5 Å². The maximum atomic E-state index is 6.61. The third-order valence-corrected chi connectivity index (χ3v) is 7.67. The third kappa shape index (κ3) is 4.43. The van der Waals surface area contributed by atoms with E-state index in [0.29, 0.717) is 5.92 Å². The number of nitrogens with zero attached hydrogens (tertiary/aromatic N) is 1. The average Bonchev–Trinajstić information content (AvgIpc) is 3.34. The van der Waals surface area contributed by atoms with E-state index in [4.69, 9.17) is 18.9 Å². The van der Waals surface area contributed by atoms with Crippen LogP contribution in [0.25, 0.3) is 5.70 Å². The Morgan fingerprint density at radius 3 is 2.45 bits per heavy atom. The summed E-state index contributed by atoms with van der Waals surface area (Å²) in [6.07, 6.45) is 8.05. The van der Waals surface area contributed by atoms with Crippen LogP contribution in [0.2, 0.25) is 0 Å². The second kappa shape index (κ2) is 9.39. The molecule has 3 aliphatic heterocycles. The molecule has 3 heterocycles. The first kappa shape index (κ1) is 24.9. The molecule has 2 aromatic rings. The molecule has 0 radical (unpaired) electrons. The standard InChI is InChI=1S/C33H37NO4/c1-20(2)22-9-7-21(8-10-22)15-26-24-11-12-28(35-6)32(38-33(3,4)5)27(24)18-34-14-13-23-16-29-30(37-19-36-29)17-25(23)31(26)34/h7-12,16-18,20,32H,13-15,19H2,1-6H3. The molecule has 0 spiro atoms. The molecule has 0 N–H and O–H groups in total. The molecule has 0 saturated carbocycles. The van der Waals surface area contributed by atoms with Gasteiger partial charge in [0.25, 0.3) is 0 Å². The zero-order valence-electron chi connectivity index (χ0n) is 23.3. The highest BCUT2D eigenvalue weighted by atomic mass is 16.7. The highest BCUT2D eigenvalue weighted by molar-refractivity contribution is 5.82. The van der Waals surface area contributed by atoms with Gasteiger partial charge >= 0.3 is 0 Å². The predicted molar refractivity (Wildman–Crippen MR) is 150 cm³/mol. The van der Waals surface area contributed by atoms with E-state index in [-0.39, 0.29) is 18.5 Å². The minimum Gasteiger partial charge on any atom is -0.498 e. The van der Waals surface area contributed by atoms with Gasteiger partial charge in [0.2, 0.25) is 6.79 Å². The van der Waals surface area contributed by atoms with Crippen molar-refractivity contribution in [2.45, 2.75) is 65.1 Å². The average molecular weight is 512 g/mol. The fourth-order valence-electron chi connectivity index (χ4n) is 5.79. The molecule has 5 nitrogen and oxygen atoms in total. The van der Waals surface area contributed by atoms with Crippen LogP contribution in [0.3, 0.4) is 0 Å². The lowest BCUT2D eigenvalue weighted by molar-refractivity contribution is -0.0456. The number of allylic oxidation sites excluding steroid dienone is 3. The van der Waals surface area contributed by atoms with Crippen LogP contribution in [0.1, 0.15) is 62.8 Å². The van der Waals surface area contributed by atoms with Gasteiger partial charge in [0.1, 0.15) is 11.9 Å². The number of hydrogen-bond acceptors (Lipinski definition) is 5. The van der Waals surface area contributed by atoms with Crippen LogP contribution in [0.4, 0.5) is 0 Å². The Hall–Kier alpha value is -3.44. The van der Waals surface area contributed by atoms with E-state index in [0.717, 1.165) is 42.2 Å². The fraction of sp³-hybridized carbons (Fsp3) is 0.394. The molecule has 1 unspecified atom stereocenters. The van der Waals surface area contributed by atoms with Gasteiger partial charge in [-0.15, -0.1) is 0 Å².